The van der Waals surface area contributed by atoms with Crippen molar-refractivity contribution in [1.82, 2.24) is 5.32 Å². The molecule has 0 aromatic carbocycles. The van der Waals surface area contributed by atoms with Crippen LogP contribution in [-0.2, 0) is 27.9 Å². The van der Waals surface area contributed by atoms with Crippen molar-refractivity contribution in [3.8, 4) is 0 Å². The lowest BCUT2D eigenvalue weighted by Crippen LogP contribution is -2.47. The Kier molecular flexibility index (Phi) is 54.4. The van der Waals surface area contributed by atoms with Gasteiger partial charge in [-0.25, -0.2) is 0 Å². The molecule has 0 bridgehead atoms. The van der Waals surface area contributed by atoms with E-state index in [0.29, 0.717) is 23.9 Å². The van der Waals surface area contributed by atoms with Crippen LogP contribution in [0.25, 0.3) is 0 Å². The van der Waals surface area contributed by atoms with Crippen LogP contribution in [0.1, 0.15) is 278 Å². The predicted molar refractivity (Wildman–Crippen MR) is 330 cm³/mol. The van der Waals surface area contributed by atoms with Crippen LogP contribution >= 0.6 is 7.82 Å². The Morgan fingerprint density at radius 3 is 1.26 bits per heavy atom. The van der Waals surface area contributed by atoms with Crippen molar-refractivity contribution >= 4 is 19.7 Å². The number of rotatable bonds is 57. The van der Waals surface area contributed by atoms with Crippen LogP contribution in [0.5, 0.6) is 0 Å². The second kappa shape index (κ2) is 56.5. The summed E-state index contributed by atoms with van der Waals surface area (Å²) in [7, 11) is 1.16. The van der Waals surface area contributed by atoms with E-state index in [2.05, 4.69) is 99.0 Å². The van der Waals surface area contributed by atoms with E-state index < -0.39 is 26.6 Å². The summed E-state index contributed by atoms with van der Waals surface area (Å²) in [6.45, 7) is 6.71. The third-order valence-corrected chi connectivity index (χ3v) is 14.8. The average molecular weight is 1100 g/mol. The number of likely N-dealkylation sites (N-methyl/N-ethyl adjacent to an activating group) is 1. The maximum atomic E-state index is 13.5. The van der Waals surface area contributed by atoms with Gasteiger partial charge in [-0.05, 0) is 83.1 Å². The number of ether oxygens (including phenoxy) is 1. The number of phosphoric acid groups is 1. The monoisotopic (exact) mass is 1100 g/mol. The van der Waals surface area contributed by atoms with E-state index >= 15 is 0 Å². The standard InChI is InChI=1S/C67H121N2O7P/c1-7-10-13-16-19-22-25-27-29-31-33-34-36-38-40-42-45-48-51-54-57-60-67(71)76-65(58-55-52-49-46-43-24-21-18-15-12-9-3)64(63-75-77(72,73)74-62-61-69(4,5)6)68-66(70)59-56-53-50-47-44-41-39-37-35-32-30-28-26-23-20-17-14-11-8-2/h10,13,19,22,27,29,33-34,38,40,45,48,55,58,64-65H,7-9,11-12,14-18,20-21,23-26,28,30-32,35-37,39,41-44,46-47,49-54,56-57,59-63H2,1-6H3,(H-,68,70,72,73)/b13-10-,22-19-,29-27-,34-33-,40-38-,48-45-,58-55+. The summed E-state index contributed by atoms with van der Waals surface area (Å²) in [5.41, 5.74) is 0. The summed E-state index contributed by atoms with van der Waals surface area (Å²) in [5, 5.41) is 3.02. The first-order chi connectivity index (χ1) is 37.4. The van der Waals surface area contributed by atoms with Gasteiger partial charge in [0.05, 0.1) is 33.8 Å². The van der Waals surface area contributed by atoms with Crippen LogP contribution in [0.15, 0.2) is 85.1 Å². The molecule has 3 atom stereocenters. The van der Waals surface area contributed by atoms with Crippen LogP contribution in [0.2, 0.25) is 0 Å². The maximum Gasteiger partial charge on any atom is 0.306 e. The van der Waals surface area contributed by atoms with E-state index in [0.717, 1.165) is 89.9 Å². The number of hydrogen-bond donors (Lipinski definition) is 1. The molecule has 0 heterocycles. The fraction of sp³-hybridized carbons (Fsp3) is 0.761. The molecule has 0 aromatic rings. The van der Waals surface area contributed by atoms with Crippen LogP contribution in [0.3, 0.4) is 0 Å². The molecule has 0 aromatic heterocycles. The molecule has 446 valence electrons. The number of carbonyl (C=O) groups excluding carboxylic acids is 2. The topological polar surface area (TPSA) is 114 Å². The highest BCUT2D eigenvalue weighted by Gasteiger charge is 2.27. The molecule has 0 aliphatic rings. The predicted octanol–water partition coefficient (Wildman–Crippen LogP) is 19.1. The number of amides is 1. The molecule has 1 N–H and O–H groups in total. The van der Waals surface area contributed by atoms with E-state index in [4.69, 9.17) is 13.8 Å². The Labute approximate surface area is 476 Å². The van der Waals surface area contributed by atoms with Crippen molar-refractivity contribution < 1.29 is 37.3 Å². The summed E-state index contributed by atoms with van der Waals surface area (Å²) in [6.07, 6.45) is 74.1. The summed E-state index contributed by atoms with van der Waals surface area (Å²) < 4.78 is 30.3. The molecular formula is C67H121N2O7P. The zero-order chi connectivity index (χ0) is 56.4. The Bertz CT molecular complexity index is 1590. The summed E-state index contributed by atoms with van der Waals surface area (Å²) in [4.78, 5) is 40.0. The van der Waals surface area contributed by atoms with Crippen molar-refractivity contribution in [3.63, 3.8) is 0 Å². The molecule has 0 rings (SSSR count). The van der Waals surface area contributed by atoms with Crippen molar-refractivity contribution in [2.75, 3.05) is 40.9 Å². The molecule has 9 nitrogen and oxygen atoms in total. The second-order valence-electron chi connectivity index (χ2n) is 22.5. The number of esters is 1. The fourth-order valence-corrected chi connectivity index (χ4v) is 9.66. The Morgan fingerprint density at radius 1 is 0.468 bits per heavy atom. The number of nitrogens with one attached hydrogen (secondary N) is 1. The molecule has 1 amide bonds. The van der Waals surface area contributed by atoms with Crippen molar-refractivity contribution in [2.24, 2.45) is 0 Å². The Morgan fingerprint density at radius 2 is 0.831 bits per heavy atom. The zero-order valence-corrected chi connectivity index (χ0v) is 51.8. The molecule has 3 unspecified atom stereocenters. The van der Waals surface area contributed by atoms with Gasteiger partial charge in [-0.3, -0.25) is 14.2 Å². The second-order valence-corrected chi connectivity index (χ2v) is 23.9. The van der Waals surface area contributed by atoms with E-state index in [1.165, 1.54) is 148 Å². The molecule has 10 heteroatoms. The van der Waals surface area contributed by atoms with Crippen molar-refractivity contribution in [1.29, 1.82) is 0 Å². The average Bonchev–Trinajstić information content (AvgIpc) is 3.39. The Hall–Kier alpha value is -2.81. The van der Waals surface area contributed by atoms with Crippen molar-refractivity contribution in [2.45, 2.75) is 290 Å². The van der Waals surface area contributed by atoms with Gasteiger partial charge in [0.15, 0.2) is 0 Å². The zero-order valence-electron chi connectivity index (χ0n) is 50.9. The van der Waals surface area contributed by atoms with Gasteiger partial charge in [0.2, 0.25) is 5.91 Å². The fourth-order valence-electron chi connectivity index (χ4n) is 8.94. The highest BCUT2D eigenvalue weighted by atomic mass is 31.2. The number of hydrogen-bond acceptors (Lipinski definition) is 7. The van der Waals surface area contributed by atoms with Gasteiger partial charge in [0.1, 0.15) is 19.3 Å². The van der Waals surface area contributed by atoms with Gasteiger partial charge in [0.25, 0.3) is 7.82 Å². The summed E-state index contributed by atoms with van der Waals surface area (Å²) in [5.74, 6) is -0.588. The largest absolute Gasteiger partial charge is 0.756 e. The number of unbranched alkanes of at least 4 members (excludes halogenated alkanes) is 29. The molecule has 0 saturated carbocycles. The number of phosphoric ester groups is 1. The summed E-state index contributed by atoms with van der Waals surface area (Å²) >= 11 is 0. The van der Waals surface area contributed by atoms with E-state index in [1.807, 2.05) is 33.3 Å². The lowest BCUT2D eigenvalue weighted by Gasteiger charge is -2.30. The minimum Gasteiger partial charge on any atom is -0.756 e. The third kappa shape index (κ3) is 57.7. The minimum absolute atomic E-state index is 0.0314. The normalized spacial score (nSPS) is 14.2. The first kappa shape index (κ1) is 74.2. The van der Waals surface area contributed by atoms with Crippen LogP contribution in [-0.4, -0.2) is 69.4 Å². The van der Waals surface area contributed by atoms with Gasteiger partial charge in [-0.15, -0.1) is 0 Å². The molecule has 77 heavy (non-hydrogen) atoms. The van der Waals surface area contributed by atoms with Gasteiger partial charge in [-0.2, -0.15) is 0 Å². The van der Waals surface area contributed by atoms with Crippen LogP contribution in [0, 0.1) is 0 Å². The highest BCUT2D eigenvalue weighted by Crippen LogP contribution is 2.38. The van der Waals surface area contributed by atoms with Gasteiger partial charge in [-0.1, -0.05) is 267 Å². The SMILES string of the molecule is CC/C=C\C/C=C\C/C=C\C/C=C\C/C=C\C/C=C\CCCCC(=O)OC(/C=C/CCCCCCCCCCC)C(COP(=O)([O-])OCC[N+](C)(C)C)NC(=O)CCCCCCCCCCCCCCCCCCCCC. The summed E-state index contributed by atoms with van der Waals surface area (Å²) in [6, 6.07) is -0.908. The van der Waals surface area contributed by atoms with E-state index in [1.54, 1.807) is 0 Å². The molecule has 0 saturated heterocycles. The van der Waals surface area contributed by atoms with Gasteiger partial charge in [0, 0.05) is 12.8 Å². The minimum atomic E-state index is -4.71. The molecular weight excluding hydrogens is 976 g/mol. The number of nitrogens with zero attached hydrogens (tertiary/aromatic N) is 1. The maximum absolute atomic E-state index is 13.5. The van der Waals surface area contributed by atoms with Gasteiger partial charge < -0.3 is 28.5 Å². The number of carbonyl (C=O) groups is 2. The lowest BCUT2D eigenvalue weighted by molar-refractivity contribution is -0.870. The molecule has 0 radical (unpaired) electrons. The molecule has 0 spiro atoms. The highest BCUT2D eigenvalue weighted by molar-refractivity contribution is 7.45. The quantitative estimate of drug-likeness (QED) is 0.0212. The smallest absolute Gasteiger partial charge is 0.306 e. The number of quaternary nitrogens is 1. The lowest BCUT2D eigenvalue weighted by atomic mass is 10.0. The third-order valence-electron chi connectivity index (χ3n) is 13.8. The molecule has 0 aliphatic heterocycles. The van der Waals surface area contributed by atoms with Crippen LogP contribution in [0.4, 0.5) is 0 Å². The number of allylic oxidation sites excluding steroid dienone is 13. The van der Waals surface area contributed by atoms with E-state index in [-0.39, 0.29) is 24.9 Å². The first-order valence-electron chi connectivity index (χ1n) is 31.9. The van der Waals surface area contributed by atoms with Gasteiger partial charge >= 0.3 is 5.97 Å². The molecule has 0 fully saturated rings. The Balaban J connectivity index is 5.26. The van der Waals surface area contributed by atoms with E-state index in [9.17, 15) is 19.0 Å². The molecule has 0 aliphatic carbocycles. The first-order valence-corrected chi connectivity index (χ1v) is 33.4. The van der Waals surface area contributed by atoms with Crippen molar-refractivity contribution in [3.05, 3.63) is 85.1 Å². The van der Waals surface area contributed by atoms with Crippen LogP contribution < -0.4 is 10.2 Å².